The first-order chi connectivity index (χ1) is 9.50. The smallest absolute Gasteiger partial charge is 0.320 e. The number of piperidine rings is 1. The van der Waals surface area contributed by atoms with Gasteiger partial charge >= 0.3 is 12.0 Å². The monoisotopic (exact) mass is 282 g/mol. The molecule has 2 amide bonds. The zero-order chi connectivity index (χ0) is 15.2. The second kappa shape index (κ2) is 7.31. The number of carbonyl (C=O) groups excluding carboxylic acids is 1. The van der Waals surface area contributed by atoms with E-state index in [2.05, 4.69) is 6.58 Å². The summed E-state index contributed by atoms with van der Waals surface area (Å²) in [5.74, 6) is -0.733. The number of nitrogens with zero attached hydrogens (tertiary/aromatic N) is 2. The molecule has 114 valence electrons. The summed E-state index contributed by atoms with van der Waals surface area (Å²) in [6.07, 6.45) is 4.33. The number of carboxylic acid groups (broad SMARTS) is 1. The summed E-state index contributed by atoms with van der Waals surface area (Å²) in [5, 5.41) is 9.36. The number of likely N-dealkylation sites (tertiary alicyclic amines) is 1. The minimum absolute atomic E-state index is 0.00171. The maximum absolute atomic E-state index is 12.4. The fourth-order valence-electron chi connectivity index (χ4n) is 2.74. The van der Waals surface area contributed by atoms with Crippen LogP contribution in [0.5, 0.6) is 0 Å². The normalized spacial score (nSPS) is 17.6. The summed E-state index contributed by atoms with van der Waals surface area (Å²) in [6, 6.07) is 0.00171. The average Bonchev–Trinajstić information content (AvgIpc) is 2.46. The van der Waals surface area contributed by atoms with Crippen molar-refractivity contribution < 1.29 is 14.7 Å². The van der Waals surface area contributed by atoms with Gasteiger partial charge in [-0.25, -0.2) is 4.79 Å². The van der Waals surface area contributed by atoms with Gasteiger partial charge in [0, 0.05) is 26.2 Å². The van der Waals surface area contributed by atoms with E-state index >= 15 is 0 Å². The van der Waals surface area contributed by atoms with Crippen molar-refractivity contribution in [1.29, 1.82) is 0 Å². The molecule has 1 saturated heterocycles. The maximum Gasteiger partial charge on any atom is 0.320 e. The van der Waals surface area contributed by atoms with Crippen molar-refractivity contribution in [2.24, 2.45) is 5.41 Å². The molecule has 0 aromatic carbocycles. The molecule has 1 heterocycles. The number of urea groups is 1. The molecule has 5 nitrogen and oxygen atoms in total. The number of carbonyl (C=O) groups is 2. The first-order valence-corrected chi connectivity index (χ1v) is 7.39. The highest BCUT2D eigenvalue weighted by molar-refractivity contribution is 5.77. The molecule has 0 spiro atoms. The molecule has 0 saturated carbocycles. The SMILES string of the molecule is C=CCN(CCC)C(=O)N1CCC(CC)(C(=O)O)CC1. The van der Waals surface area contributed by atoms with Crippen LogP contribution in [0.2, 0.25) is 0 Å². The van der Waals surface area contributed by atoms with Crippen molar-refractivity contribution in [3.8, 4) is 0 Å². The summed E-state index contributed by atoms with van der Waals surface area (Å²) in [7, 11) is 0. The molecule has 20 heavy (non-hydrogen) atoms. The van der Waals surface area contributed by atoms with Crippen LogP contribution in [0.3, 0.4) is 0 Å². The lowest BCUT2D eigenvalue weighted by atomic mass is 9.76. The van der Waals surface area contributed by atoms with Crippen LogP contribution in [0.4, 0.5) is 4.79 Å². The second-order valence-electron chi connectivity index (χ2n) is 5.44. The van der Waals surface area contributed by atoms with Gasteiger partial charge in [0.2, 0.25) is 0 Å². The van der Waals surface area contributed by atoms with E-state index < -0.39 is 11.4 Å². The van der Waals surface area contributed by atoms with Crippen molar-refractivity contribution in [3.05, 3.63) is 12.7 Å². The minimum Gasteiger partial charge on any atom is -0.481 e. The molecule has 1 rings (SSSR count). The minimum atomic E-state index is -0.733. The molecule has 0 unspecified atom stereocenters. The molecule has 0 atom stereocenters. The number of rotatable bonds is 6. The van der Waals surface area contributed by atoms with Crippen molar-refractivity contribution in [2.75, 3.05) is 26.2 Å². The quantitative estimate of drug-likeness (QED) is 0.762. The lowest BCUT2D eigenvalue weighted by Crippen LogP contribution is -2.50. The van der Waals surface area contributed by atoms with Crippen LogP contribution in [-0.2, 0) is 4.79 Å². The van der Waals surface area contributed by atoms with Gasteiger partial charge in [0.05, 0.1) is 5.41 Å². The van der Waals surface area contributed by atoms with Crippen molar-refractivity contribution in [3.63, 3.8) is 0 Å². The van der Waals surface area contributed by atoms with Crippen LogP contribution in [-0.4, -0.2) is 53.1 Å². The third-order valence-electron chi connectivity index (χ3n) is 4.24. The molecule has 5 heteroatoms. The Balaban J connectivity index is 2.65. The zero-order valence-corrected chi connectivity index (χ0v) is 12.6. The molecule has 1 aliphatic rings. The Hall–Kier alpha value is -1.52. The van der Waals surface area contributed by atoms with E-state index in [1.165, 1.54) is 0 Å². The van der Waals surface area contributed by atoms with Crippen molar-refractivity contribution in [1.82, 2.24) is 9.80 Å². The van der Waals surface area contributed by atoms with Gasteiger partial charge in [-0.3, -0.25) is 4.79 Å². The Morgan fingerprint density at radius 2 is 1.95 bits per heavy atom. The topological polar surface area (TPSA) is 60.9 Å². The van der Waals surface area contributed by atoms with Gasteiger partial charge in [0.25, 0.3) is 0 Å². The highest BCUT2D eigenvalue weighted by atomic mass is 16.4. The van der Waals surface area contributed by atoms with Gasteiger partial charge in [-0.1, -0.05) is 19.9 Å². The molecule has 0 bridgehead atoms. The van der Waals surface area contributed by atoms with Gasteiger partial charge in [-0.05, 0) is 25.7 Å². The summed E-state index contributed by atoms with van der Waals surface area (Å²) in [6.45, 7) is 9.92. The Kier molecular flexibility index (Phi) is 6.05. The molecular formula is C15H26N2O3. The molecule has 0 aliphatic carbocycles. The zero-order valence-electron chi connectivity index (χ0n) is 12.6. The van der Waals surface area contributed by atoms with Crippen molar-refractivity contribution in [2.45, 2.75) is 39.5 Å². The largest absolute Gasteiger partial charge is 0.481 e. The molecule has 1 fully saturated rings. The molecule has 0 aromatic rings. The average molecular weight is 282 g/mol. The van der Waals surface area contributed by atoms with E-state index in [1.807, 2.05) is 13.8 Å². The lowest BCUT2D eigenvalue weighted by Gasteiger charge is -2.40. The number of hydrogen-bond donors (Lipinski definition) is 1. The summed E-state index contributed by atoms with van der Waals surface area (Å²) >= 11 is 0. The predicted octanol–water partition coefficient (Wildman–Crippen LogP) is 2.58. The third-order valence-corrected chi connectivity index (χ3v) is 4.24. The standard InChI is InChI=1S/C15H26N2O3/c1-4-9-16(10-5-2)14(20)17-11-7-15(6-3,8-12-17)13(18)19/h4H,1,5-12H2,2-3H3,(H,18,19). The fourth-order valence-corrected chi connectivity index (χ4v) is 2.74. The molecule has 1 N–H and O–H groups in total. The first kappa shape index (κ1) is 16.5. The van der Waals surface area contributed by atoms with E-state index in [9.17, 15) is 14.7 Å². The Morgan fingerprint density at radius 3 is 2.35 bits per heavy atom. The van der Waals surface area contributed by atoms with Crippen LogP contribution in [0, 0.1) is 5.41 Å². The maximum atomic E-state index is 12.4. The molecule has 0 radical (unpaired) electrons. The summed E-state index contributed by atoms with van der Waals surface area (Å²) in [5.41, 5.74) is -0.648. The second-order valence-corrected chi connectivity index (χ2v) is 5.44. The van der Waals surface area contributed by atoms with Gasteiger partial charge in [0.15, 0.2) is 0 Å². The van der Waals surface area contributed by atoms with E-state index in [0.717, 1.165) is 6.42 Å². The van der Waals surface area contributed by atoms with Crippen LogP contribution in [0.15, 0.2) is 12.7 Å². The third kappa shape index (κ3) is 3.52. The lowest BCUT2D eigenvalue weighted by molar-refractivity contribution is -0.152. The first-order valence-electron chi connectivity index (χ1n) is 7.39. The Bertz CT molecular complexity index is 360. The molecular weight excluding hydrogens is 256 g/mol. The molecule has 0 aromatic heterocycles. The van der Waals surface area contributed by atoms with Gasteiger partial charge in [-0.2, -0.15) is 0 Å². The van der Waals surface area contributed by atoms with Gasteiger partial charge in [-0.15, -0.1) is 6.58 Å². The fraction of sp³-hybridized carbons (Fsp3) is 0.733. The van der Waals surface area contributed by atoms with Crippen molar-refractivity contribution >= 4 is 12.0 Å². The van der Waals surface area contributed by atoms with Gasteiger partial charge in [0.1, 0.15) is 0 Å². The number of aliphatic carboxylic acids is 1. The van der Waals surface area contributed by atoms with Crippen LogP contribution in [0.25, 0.3) is 0 Å². The number of hydrogen-bond acceptors (Lipinski definition) is 2. The van der Waals surface area contributed by atoms with Crippen LogP contribution >= 0.6 is 0 Å². The number of carboxylic acids is 1. The van der Waals surface area contributed by atoms with Crippen LogP contribution < -0.4 is 0 Å². The molecule has 1 aliphatic heterocycles. The summed E-state index contributed by atoms with van der Waals surface area (Å²) < 4.78 is 0. The Morgan fingerprint density at radius 1 is 1.35 bits per heavy atom. The Labute approximate surface area is 121 Å². The number of amides is 2. The van der Waals surface area contributed by atoms with E-state index in [-0.39, 0.29) is 6.03 Å². The van der Waals surface area contributed by atoms with Gasteiger partial charge < -0.3 is 14.9 Å². The summed E-state index contributed by atoms with van der Waals surface area (Å²) in [4.78, 5) is 27.3. The van der Waals surface area contributed by atoms with Crippen LogP contribution in [0.1, 0.15) is 39.5 Å². The van der Waals surface area contributed by atoms with E-state index in [1.54, 1.807) is 15.9 Å². The highest BCUT2D eigenvalue weighted by Gasteiger charge is 2.41. The predicted molar refractivity (Wildman–Crippen MR) is 78.6 cm³/mol. The van der Waals surface area contributed by atoms with E-state index in [0.29, 0.717) is 45.4 Å². The van der Waals surface area contributed by atoms with E-state index in [4.69, 9.17) is 0 Å². The highest BCUT2D eigenvalue weighted by Crippen LogP contribution is 2.35.